The van der Waals surface area contributed by atoms with Crippen LogP contribution in [0.4, 0.5) is 5.82 Å². The quantitative estimate of drug-likeness (QED) is 0.286. The summed E-state index contributed by atoms with van der Waals surface area (Å²) in [6.45, 7) is 5.93. The molecule has 3 N–H and O–H groups in total. The molecule has 204 valence electrons. The van der Waals surface area contributed by atoms with Gasteiger partial charge in [-0.1, -0.05) is 12.1 Å². The fourth-order valence-electron chi connectivity index (χ4n) is 4.61. The van der Waals surface area contributed by atoms with Crippen molar-refractivity contribution in [2.45, 2.75) is 38.3 Å². The van der Waals surface area contributed by atoms with Gasteiger partial charge in [0.05, 0.1) is 22.9 Å². The van der Waals surface area contributed by atoms with E-state index in [9.17, 15) is 9.59 Å². The maximum Gasteiger partial charge on any atom is 0.262 e. The number of piperidine rings is 1. The van der Waals surface area contributed by atoms with Crippen molar-refractivity contribution >= 4 is 39.2 Å². The van der Waals surface area contributed by atoms with Crippen LogP contribution in [0.5, 0.6) is 11.5 Å². The summed E-state index contributed by atoms with van der Waals surface area (Å²) in [7, 11) is 3.73. The van der Waals surface area contributed by atoms with E-state index in [2.05, 4.69) is 32.8 Å². The summed E-state index contributed by atoms with van der Waals surface area (Å²) in [5, 5.41) is 13.8. The molecule has 4 aromatic rings. The van der Waals surface area contributed by atoms with Gasteiger partial charge in [0.2, 0.25) is 0 Å². The van der Waals surface area contributed by atoms with E-state index < -0.39 is 5.54 Å². The van der Waals surface area contributed by atoms with Gasteiger partial charge >= 0.3 is 0 Å². The van der Waals surface area contributed by atoms with Crippen molar-refractivity contribution in [3.05, 3.63) is 70.6 Å². The van der Waals surface area contributed by atoms with Crippen LogP contribution in [0.1, 0.15) is 52.3 Å². The zero-order valence-electron chi connectivity index (χ0n) is 22.5. The number of hydrogen-bond donors (Lipinski definition) is 3. The summed E-state index contributed by atoms with van der Waals surface area (Å²) in [4.78, 5) is 29.6. The van der Waals surface area contributed by atoms with Crippen LogP contribution in [0.15, 0.2) is 54.6 Å². The Hall–Kier alpha value is -3.89. The van der Waals surface area contributed by atoms with Crippen molar-refractivity contribution in [3.63, 3.8) is 0 Å². The van der Waals surface area contributed by atoms with E-state index in [1.54, 1.807) is 25.3 Å². The van der Waals surface area contributed by atoms with Crippen molar-refractivity contribution in [1.29, 1.82) is 0 Å². The largest absolute Gasteiger partial charge is 0.497 e. The standard InChI is InChI=1S/C29H33N5O4S/c1-29(2,19-6-5-7-22(16-19)37-4)31-27(36)24-17-23-25(32-33-28(23)39-24)30-26(35)18-8-10-20(11-9-18)38-21-12-14-34(3)15-13-21/h5-11,16-17,21H,12-15H2,1-4H3,(H,31,36)(H2,30,32,33,35). The second-order valence-electron chi connectivity index (χ2n) is 10.3. The summed E-state index contributed by atoms with van der Waals surface area (Å²) in [6.07, 6.45) is 2.18. The summed E-state index contributed by atoms with van der Waals surface area (Å²) in [5.41, 5.74) is 0.798. The molecule has 0 unspecified atom stereocenters. The number of aromatic nitrogens is 2. The Labute approximate surface area is 231 Å². The molecule has 0 radical (unpaired) electrons. The topological polar surface area (TPSA) is 109 Å². The number of carbonyl (C=O) groups is 2. The lowest BCUT2D eigenvalue weighted by Crippen LogP contribution is -2.40. The van der Waals surface area contributed by atoms with E-state index in [1.165, 1.54) is 11.3 Å². The van der Waals surface area contributed by atoms with Crippen LogP contribution in [0.3, 0.4) is 0 Å². The molecule has 1 fully saturated rings. The van der Waals surface area contributed by atoms with E-state index in [0.717, 1.165) is 43.0 Å². The molecule has 0 atom stereocenters. The number of methoxy groups -OCH3 is 1. The average molecular weight is 548 g/mol. The molecule has 3 heterocycles. The van der Waals surface area contributed by atoms with Crippen LogP contribution < -0.4 is 20.1 Å². The van der Waals surface area contributed by atoms with E-state index in [4.69, 9.17) is 9.47 Å². The first kappa shape index (κ1) is 26.7. The van der Waals surface area contributed by atoms with E-state index in [-0.39, 0.29) is 17.9 Å². The first-order valence-corrected chi connectivity index (χ1v) is 13.7. The van der Waals surface area contributed by atoms with Gasteiger partial charge in [-0.25, -0.2) is 0 Å². The lowest BCUT2D eigenvalue weighted by Gasteiger charge is -2.29. The summed E-state index contributed by atoms with van der Waals surface area (Å²) in [5.74, 6) is 1.36. The number of thiophene rings is 1. The number of amides is 2. The second kappa shape index (κ2) is 11.1. The molecule has 5 rings (SSSR count). The minimum absolute atomic E-state index is 0.198. The van der Waals surface area contributed by atoms with Gasteiger partial charge in [0, 0.05) is 18.7 Å². The third-order valence-electron chi connectivity index (χ3n) is 7.01. The number of ether oxygens (including phenoxy) is 2. The molecule has 10 heteroatoms. The van der Waals surface area contributed by atoms with Crippen LogP contribution in [0.2, 0.25) is 0 Å². The Morgan fingerprint density at radius 3 is 2.51 bits per heavy atom. The fraction of sp³-hybridized carbons (Fsp3) is 0.345. The molecule has 0 spiro atoms. The Morgan fingerprint density at radius 1 is 1.05 bits per heavy atom. The van der Waals surface area contributed by atoms with Crippen LogP contribution >= 0.6 is 11.3 Å². The number of aromatic amines is 1. The first-order valence-electron chi connectivity index (χ1n) is 12.9. The lowest BCUT2D eigenvalue weighted by atomic mass is 9.94. The number of anilines is 1. The first-order chi connectivity index (χ1) is 18.7. The van der Waals surface area contributed by atoms with Crippen molar-refractivity contribution in [2.75, 3.05) is 32.6 Å². The third-order valence-corrected chi connectivity index (χ3v) is 8.05. The molecule has 9 nitrogen and oxygen atoms in total. The van der Waals surface area contributed by atoms with Gasteiger partial charge in [-0.3, -0.25) is 14.7 Å². The highest BCUT2D eigenvalue weighted by Crippen LogP contribution is 2.31. The smallest absolute Gasteiger partial charge is 0.262 e. The number of hydrogen-bond acceptors (Lipinski definition) is 7. The zero-order chi connectivity index (χ0) is 27.6. The van der Waals surface area contributed by atoms with Gasteiger partial charge in [0.15, 0.2) is 5.82 Å². The van der Waals surface area contributed by atoms with E-state index in [0.29, 0.717) is 26.5 Å². The average Bonchev–Trinajstić information content (AvgIpc) is 3.52. The molecule has 1 saturated heterocycles. The van der Waals surface area contributed by atoms with Gasteiger partial charge in [-0.05, 0) is 81.8 Å². The van der Waals surface area contributed by atoms with Crippen LogP contribution in [0.25, 0.3) is 10.2 Å². The Balaban J connectivity index is 1.24. The van der Waals surface area contributed by atoms with Crippen molar-refractivity contribution in [2.24, 2.45) is 0 Å². The minimum atomic E-state index is -0.623. The highest BCUT2D eigenvalue weighted by molar-refractivity contribution is 7.20. The monoisotopic (exact) mass is 547 g/mol. The number of nitrogens with one attached hydrogen (secondary N) is 3. The Bertz CT molecular complexity index is 1470. The molecule has 2 aromatic carbocycles. The number of nitrogens with zero attached hydrogens (tertiary/aromatic N) is 2. The van der Waals surface area contributed by atoms with Crippen LogP contribution in [-0.4, -0.2) is 60.3 Å². The Morgan fingerprint density at radius 2 is 1.79 bits per heavy atom. The zero-order valence-corrected chi connectivity index (χ0v) is 23.4. The highest BCUT2D eigenvalue weighted by Gasteiger charge is 2.26. The predicted octanol–water partition coefficient (Wildman–Crippen LogP) is 5.02. The van der Waals surface area contributed by atoms with Crippen molar-refractivity contribution in [3.8, 4) is 11.5 Å². The normalized spacial score (nSPS) is 14.8. The van der Waals surface area contributed by atoms with Crippen molar-refractivity contribution in [1.82, 2.24) is 20.4 Å². The molecule has 0 aliphatic carbocycles. The predicted molar refractivity (Wildman–Crippen MR) is 153 cm³/mol. The number of carbonyl (C=O) groups excluding carboxylic acids is 2. The number of likely N-dealkylation sites (tertiary alicyclic amines) is 1. The van der Waals surface area contributed by atoms with Gasteiger partial charge in [-0.2, -0.15) is 5.10 Å². The Kier molecular flexibility index (Phi) is 7.58. The maximum absolute atomic E-state index is 13.1. The molecule has 2 aromatic heterocycles. The molecule has 1 aliphatic heterocycles. The number of rotatable bonds is 8. The number of fused-ring (bicyclic) bond motifs is 1. The SMILES string of the molecule is COc1cccc(C(C)(C)NC(=O)c2cc3c(NC(=O)c4ccc(OC5CCN(C)CC5)cc4)n[nH]c3s2)c1. The number of H-pyrrole nitrogens is 1. The van der Waals surface area contributed by atoms with Crippen molar-refractivity contribution < 1.29 is 19.1 Å². The van der Waals surface area contributed by atoms with Gasteiger partial charge in [0.25, 0.3) is 11.8 Å². The molecular weight excluding hydrogens is 514 g/mol. The number of benzene rings is 2. The molecule has 2 amide bonds. The van der Waals surface area contributed by atoms with E-state index >= 15 is 0 Å². The minimum Gasteiger partial charge on any atom is -0.497 e. The fourth-order valence-corrected chi connectivity index (χ4v) is 5.51. The molecule has 0 bridgehead atoms. The van der Waals surface area contributed by atoms with Gasteiger partial charge in [-0.15, -0.1) is 11.3 Å². The summed E-state index contributed by atoms with van der Waals surface area (Å²) >= 11 is 1.29. The van der Waals surface area contributed by atoms with Crippen LogP contribution in [-0.2, 0) is 5.54 Å². The third kappa shape index (κ3) is 6.07. The van der Waals surface area contributed by atoms with Gasteiger partial charge < -0.3 is 25.0 Å². The maximum atomic E-state index is 13.1. The van der Waals surface area contributed by atoms with E-state index in [1.807, 2.05) is 50.2 Å². The van der Waals surface area contributed by atoms with Crippen LogP contribution in [0, 0.1) is 0 Å². The molecule has 39 heavy (non-hydrogen) atoms. The molecule has 0 saturated carbocycles. The second-order valence-corrected chi connectivity index (χ2v) is 11.4. The molecule has 1 aliphatic rings. The summed E-state index contributed by atoms with van der Waals surface area (Å²) < 4.78 is 11.4. The highest BCUT2D eigenvalue weighted by atomic mass is 32.1. The van der Waals surface area contributed by atoms with Gasteiger partial charge in [0.1, 0.15) is 22.4 Å². The lowest BCUT2D eigenvalue weighted by molar-refractivity contribution is 0.0915. The summed E-state index contributed by atoms with van der Waals surface area (Å²) in [6, 6.07) is 16.5. The molecular formula is C29H33N5O4S.